The SMILES string of the molecule is Cc1ccc(C)n1-c1ccc(OCc2ccc(Br)cc2)cn1. The number of halogens is 1. The molecule has 0 spiro atoms. The number of pyridine rings is 1. The van der Waals surface area contributed by atoms with Crippen molar-refractivity contribution in [2.75, 3.05) is 0 Å². The topological polar surface area (TPSA) is 27.1 Å². The Bertz CT molecular complexity index is 741. The van der Waals surface area contributed by atoms with Gasteiger partial charge in [0.05, 0.1) is 6.20 Å². The molecular formula is C18H17BrN2O. The van der Waals surface area contributed by atoms with Gasteiger partial charge in [-0.25, -0.2) is 4.98 Å². The molecule has 3 aromatic rings. The minimum absolute atomic E-state index is 0.538. The number of aromatic nitrogens is 2. The van der Waals surface area contributed by atoms with Crippen LogP contribution in [-0.2, 0) is 6.61 Å². The van der Waals surface area contributed by atoms with Crippen molar-refractivity contribution in [2.24, 2.45) is 0 Å². The number of hydrogen-bond acceptors (Lipinski definition) is 2. The molecule has 0 saturated heterocycles. The molecular weight excluding hydrogens is 340 g/mol. The Labute approximate surface area is 138 Å². The van der Waals surface area contributed by atoms with Crippen LogP contribution in [0.25, 0.3) is 5.82 Å². The number of rotatable bonds is 4. The summed E-state index contributed by atoms with van der Waals surface area (Å²) in [7, 11) is 0. The zero-order chi connectivity index (χ0) is 15.5. The first-order valence-corrected chi connectivity index (χ1v) is 7.91. The summed E-state index contributed by atoms with van der Waals surface area (Å²) in [4.78, 5) is 4.50. The average Bonchev–Trinajstić information content (AvgIpc) is 2.86. The van der Waals surface area contributed by atoms with Gasteiger partial charge in [0.1, 0.15) is 18.2 Å². The van der Waals surface area contributed by atoms with Crippen LogP contribution in [0.5, 0.6) is 5.75 Å². The summed E-state index contributed by atoms with van der Waals surface area (Å²) < 4.78 is 8.97. The van der Waals surface area contributed by atoms with Crippen LogP contribution in [0.15, 0.2) is 59.2 Å². The van der Waals surface area contributed by atoms with Gasteiger partial charge in [-0.05, 0) is 55.8 Å². The Morgan fingerprint density at radius 3 is 2.23 bits per heavy atom. The van der Waals surface area contributed by atoms with Crippen LogP contribution in [0, 0.1) is 13.8 Å². The smallest absolute Gasteiger partial charge is 0.138 e. The first kappa shape index (κ1) is 14.9. The van der Waals surface area contributed by atoms with Crippen molar-refractivity contribution in [3.8, 4) is 11.6 Å². The summed E-state index contributed by atoms with van der Waals surface area (Å²) in [5.74, 6) is 1.69. The van der Waals surface area contributed by atoms with Gasteiger partial charge in [-0.1, -0.05) is 28.1 Å². The van der Waals surface area contributed by atoms with Crippen molar-refractivity contribution in [1.82, 2.24) is 9.55 Å². The highest BCUT2D eigenvalue weighted by molar-refractivity contribution is 9.10. The minimum atomic E-state index is 0.538. The lowest BCUT2D eigenvalue weighted by molar-refractivity contribution is 0.305. The Balaban J connectivity index is 1.71. The standard InChI is InChI=1S/C18H17BrN2O/c1-13-3-4-14(2)21(13)18-10-9-17(11-20-18)22-12-15-5-7-16(19)8-6-15/h3-11H,12H2,1-2H3. The van der Waals surface area contributed by atoms with E-state index in [1.807, 2.05) is 36.4 Å². The Morgan fingerprint density at radius 2 is 1.64 bits per heavy atom. The van der Waals surface area contributed by atoms with Crippen molar-refractivity contribution in [2.45, 2.75) is 20.5 Å². The summed E-state index contributed by atoms with van der Waals surface area (Å²) in [6, 6.07) is 16.2. The summed E-state index contributed by atoms with van der Waals surface area (Å²) in [5, 5.41) is 0. The number of hydrogen-bond donors (Lipinski definition) is 0. The van der Waals surface area contributed by atoms with E-state index < -0.39 is 0 Å². The zero-order valence-corrected chi connectivity index (χ0v) is 14.2. The number of ether oxygens (including phenoxy) is 1. The first-order chi connectivity index (χ1) is 10.6. The molecule has 3 rings (SSSR count). The van der Waals surface area contributed by atoms with Gasteiger partial charge < -0.3 is 9.30 Å². The third kappa shape index (κ3) is 3.22. The van der Waals surface area contributed by atoms with E-state index in [-0.39, 0.29) is 0 Å². The van der Waals surface area contributed by atoms with E-state index in [0.717, 1.165) is 21.6 Å². The fourth-order valence-electron chi connectivity index (χ4n) is 2.37. The van der Waals surface area contributed by atoms with E-state index in [4.69, 9.17) is 4.74 Å². The second-order valence-electron chi connectivity index (χ2n) is 5.22. The Morgan fingerprint density at radius 1 is 0.955 bits per heavy atom. The monoisotopic (exact) mass is 356 g/mol. The third-order valence-electron chi connectivity index (χ3n) is 3.54. The minimum Gasteiger partial charge on any atom is -0.487 e. The van der Waals surface area contributed by atoms with Crippen LogP contribution >= 0.6 is 15.9 Å². The summed E-state index contributed by atoms with van der Waals surface area (Å²) in [5.41, 5.74) is 3.48. The molecule has 0 radical (unpaired) electrons. The second-order valence-corrected chi connectivity index (χ2v) is 6.13. The van der Waals surface area contributed by atoms with Crippen LogP contribution in [0.4, 0.5) is 0 Å². The molecule has 0 amide bonds. The maximum absolute atomic E-state index is 5.78. The number of aryl methyl sites for hydroxylation is 2. The quantitative estimate of drug-likeness (QED) is 0.669. The van der Waals surface area contributed by atoms with Crippen LogP contribution < -0.4 is 4.74 Å². The lowest BCUT2D eigenvalue weighted by Crippen LogP contribution is -2.02. The van der Waals surface area contributed by atoms with E-state index in [1.54, 1.807) is 6.20 Å². The van der Waals surface area contributed by atoms with E-state index in [9.17, 15) is 0 Å². The average molecular weight is 357 g/mol. The maximum Gasteiger partial charge on any atom is 0.138 e. The van der Waals surface area contributed by atoms with Crippen LogP contribution in [0.3, 0.4) is 0 Å². The summed E-state index contributed by atoms with van der Waals surface area (Å²) in [6.07, 6.45) is 1.77. The molecule has 2 aromatic heterocycles. The lowest BCUT2D eigenvalue weighted by atomic mass is 10.2. The molecule has 0 N–H and O–H groups in total. The summed E-state index contributed by atoms with van der Waals surface area (Å²) in [6.45, 7) is 4.69. The van der Waals surface area contributed by atoms with Gasteiger partial charge in [0.2, 0.25) is 0 Å². The van der Waals surface area contributed by atoms with E-state index in [2.05, 4.69) is 51.5 Å². The van der Waals surface area contributed by atoms with Crippen LogP contribution in [-0.4, -0.2) is 9.55 Å². The normalized spacial score (nSPS) is 10.7. The lowest BCUT2D eigenvalue weighted by Gasteiger charge is -2.10. The highest BCUT2D eigenvalue weighted by atomic mass is 79.9. The van der Waals surface area contributed by atoms with Crippen LogP contribution in [0.2, 0.25) is 0 Å². The van der Waals surface area contributed by atoms with Gasteiger partial charge in [-0.3, -0.25) is 0 Å². The Hall–Kier alpha value is -2.07. The highest BCUT2D eigenvalue weighted by Crippen LogP contribution is 2.18. The van der Waals surface area contributed by atoms with Gasteiger partial charge in [-0.15, -0.1) is 0 Å². The molecule has 0 unspecified atom stereocenters. The second kappa shape index (κ2) is 6.36. The predicted octanol–water partition coefficient (Wildman–Crippen LogP) is 4.83. The maximum atomic E-state index is 5.78. The van der Waals surface area contributed by atoms with Gasteiger partial charge >= 0.3 is 0 Å². The van der Waals surface area contributed by atoms with Gasteiger partial charge in [0.15, 0.2) is 0 Å². The molecule has 22 heavy (non-hydrogen) atoms. The molecule has 4 heteroatoms. The van der Waals surface area contributed by atoms with Gasteiger partial charge in [0.25, 0.3) is 0 Å². The van der Waals surface area contributed by atoms with Crippen molar-refractivity contribution in [1.29, 1.82) is 0 Å². The Kier molecular flexibility index (Phi) is 4.29. The molecule has 0 aliphatic rings. The van der Waals surface area contributed by atoms with Gasteiger partial charge in [-0.2, -0.15) is 0 Å². The molecule has 0 saturated carbocycles. The fourth-order valence-corrected chi connectivity index (χ4v) is 2.63. The largest absolute Gasteiger partial charge is 0.487 e. The summed E-state index contributed by atoms with van der Waals surface area (Å²) >= 11 is 3.43. The molecule has 3 nitrogen and oxygen atoms in total. The number of benzene rings is 1. The van der Waals surface area contributed by atoms with Crippen molar-refractivity contribution in [3.05, 3.63) is 76.2 Å². The molecule has 112 valence electrons. The molecule has 0 bridgehead atoms. The molecule has 0 aliphatic carbocycles. The molecule has 0 atom stereocenters. The van der Waals surface area contributed by atoms with E-state index >= 15 is 0 Å². The number of nitrogens with zero attached hydrogens (tertiary/aromatic N) is 2. The van der Waals surface area contributed by atoms with E-state index in [0.29, 0.717) is 6.61 Å². The molecule has 0 aliphatic heterocycles. The zero-order valence-electron chi connectivity index (χ0n) is 12.6. The highest BCUT2D eigenvalue weighted by Gasteiger charge is 2.05. The molecule has 2 heterocycles. The predicted molar refractivity (Wildman–Crippen MR) is 91.5 cm³/mol. The van der Waals surface area contributed by atoms with Gasteiger partial charge in [0, 0.05) is 15.9 Å². The third-order valence-corrected chi connectivity index (χ3v) is 4.07. The van der Waals surface area contributed by atoms with Crippen LogP contribution in [0.1, 0.15) is 17.0 Å². The fraction of sp³-hybridized carbons (Fsp3) is 0.167. The van der Waals surface area contributed by atoms with Crippen molar-refractivity contribution >= 4 is 15.9 Å². The van der Waals surface area contributed by atoms with E-state index in [1.165, 1.54) is 11.4 Å². The molecule has 0 fully saturated rings. The van der Waals surface area contributed by atoms with Crippen molar-refractivity contribution in [3.63, 3.8) is 0 Å². The first-order valence-electron chi connectivity index (χ1n) is 7.12. The molecule has 1 aromatic carbocycles. The van der Waals surface area contributed by atoms with Crippen molar-refractivity contribution < 1.29 is 4.74 Å².